The number of pyridine rings is 1. The van der Waals surface area contributed by atoms with E-state index in [1.165, 1.54) is 0 Å². The molecule has 0 saturated carbocycles. The average molecular weight is 497 g/mol. The summed E-state index contributed by atoms with van der Waals surface area (Å²) in [5.74, 6) is 0.656. The number of nitrogens with zero attached hydrogens (tertiary/aromatic N) is 3. The van der Waals surface area contributed by atoms with Crippen molar-refractivity contribution in [2.45, 2.75) is 13.8 Å². The number of anilines is 1. The molecule has 184 valence electrons. The minimum absolute atomic E-state index is 0.0628. The number of hydrogen-bond donors (Lipinski definition) is 1. The summed E-state index contributed by atoms with van der Waals surface area (Å²) in [6.07, 6.45) is 1.78. The van der Waals surface area contributed by atoms with Gasteiger partial charge in [-0.25, -0.2) is 0 Å². The van der Waals surface area contributed by atoms with Gasteiger partial charge < -0.3 is 24.6 Å². The summed E-state index contributed by atoms with van der Waals surface area (Å²) in [4.78, 5) is 33.8. The van der Waals surface area contributed by atoms with Gasteiger partial charge in [0.05, 0.1) is 25.3 Å². The van der Waals surface area contributed by atoms with E-state index in [2.05, 4.69) is 15.2 Å². The summed E-state index contributed by atoms with van der Waals surface area (Å²) in [6, 6.07) is 12.7. The second-order valence-corrected chi connectivity index (χ2v) is 8.51. The van der Waals surface area contributed by atoms with Gasteiger partial charge in [-0.2, -0.15) is 0 Å². The molecule has 1 saturated heterocycles. The summed E-state index contributed by atoms with van der Waals surface area (Å²) in [7, 11) is 0. The van der Waals surface area contributed by atoms with Crippen molar-refractivity contribution in [2.75, 3.05) is 50.8 Å². The summed E-state index contributed by atoms with van der Waals surface area (Å²) in [5.41, 5.74) is 2.34. The van der Waals surface area contributed by atoms with E-state index >= 15 is 0 Å². The first-order valence-electron chi connectivity index (χ1n) is 11.7. The van der Waals surface area contributed by atoms with Crippen LogP contribution in [0.1, 0.15) is 24.2 Å². The van der Waals surface area contributed by atoms with Crippen LogP contribution in [0.3, 0.4) is 0 Å². The van der Waals surface area contributed by atoms with Crippen LogP contribution in [-0.4, -0.2) is 67.6 Å². The Morgan fingerprint density at radius 1 is 0.971 bits per heavy atom. The Bertz CT molecular complexity index is 1210. The molecule has 35 heavy (non-hydrogen) atoms. The molecule has 1 aliphatic heterocycles. The lowest BCUT2D eigenvalue weighted by molar-refractivity contribution is -0.130. The van der Waals surface area contributed by atoms with Crippen LogP contribution in [0, 0.1) is 0 Å². The van der Waals surface area contributed by atoms with Crippen molar-refractivity contribution in [1.82, 2.24) is 15.2 Å². The van der Waals surface area contributed by atoms with Gasteiger partial charge in [-0.15, -0.1) is 0 Å². The Kier molecular flexibility index (Phi) is 7.92. The Hall–Kier alpha value is -3.52. The molecule has 8 nitrogen and oxygen atoms in total. The number of piperazine rings is 1. The second kappa shape index (κ2) is 11.3. The van der Waals surface area contributed by atoms with Gasteiger partial charge in [0.2, 0.25) is 5.91 Å². The molecule has 0 atom stereocenters. The lowest BCUT2D eigenvalue weighted by Gasteiger charge is -2.36. The van der Waals surface area contributed by atoms with Crippen LogP contribution in [0.25, 0.3) is 10.9 Å². The lowest BCUT2D eigenvalue weighted by atomic mass is 10.1. The molecule has 4 rings (SSSR count). The van der Waals surface area contributed by atoms with Crippen molar-refractivity contribution in [3.05, 3.63) is 59.2 Å². The number of fused-ring (bicyclic) bond motifs is 1. The van der Waals surface area contributed by atoms with Gasteiger partial charge in [-0.05, 0) is 56.3 Å². The van der Waals surface area contributed by atoms with Gasteiger partial charge in [0, 0.05) is 54.0 Å². The number of ether oxygens (including phenoxy) is 2. The van der Waals surface area contributed by atoms with Crippen molar-refractivity contribution in [3.8, 4) is 11.5 Å². The van der Waals surface area contributed by atoms with E-state index < -0.39 is 0 Å². The van der Waals surface area contributed by atoms with Gasteiger partial charge in [-0.1, -0.05) is 11.6 Å². The zero-order chi connectivity index (χ0) is 24.8. The van der Waals surface area contributed by atoms with E-state index in [-0.39, 0.29) is 18.4 Å². The Labute approximate surface area is 209 Å². The topological polar surface area (TPSA) is 84.0 Å². The third-order valence-electron chi connectivity index (χ3n) is 5.86. The van der Waals surface area contributed by atoms with E-state index in [1.807, 2.05) is 38.1 Å². The van der Waals surface area contributed by atoms with Gasteiger partial charge in [-0.3, -0.25) is 14.6 Å². The van der Waals surface area contributed by atoms with E-state index in [4.69, 9.17) is 21.1 Å². The van der Waals surface area contributed by atoms with E-state index in [9.17, 15) is 9.59 Å². The molecule has 1 aromatic heterocycles. The molecule has 9 heteroatoms. The molecule has 2 aromatic carbocycles. The summed E-state index contributed by atoms with van der Waals surface area (Å²) >= 11 is 6.10. The fraction of sp³-hybridized carbons (Fsp3) is 0.346. The highest BCUT2D eigenvalue weighted by Crippen LogP contribution is 2.29. The molecule has 1 fully saturated rings. The molecule has 0 aliphatic carbocycles. The highest BCUT2D eigenvalue weighted by molar-refractivity contribution is 6.31. The quantitative estimate of drug-likeness (QED) is 0.511. The molecule has 1 aliphatic rings. The Morgan fingerprint density at radius 2 is 1.71 bits per heavy atom. The molecule has 1 N–H and O–H groups in total. The van der Waals surface area contributed by atoms with E-state index in [0.717, 1.165) is 16.6 Å². The Balaban J connectivity index is 1.33. The minimum Gasteiger partial charge on any atom is -0.490 e. The number of amides is 2. The molecule has 2 heterocycles. The molecule has 0 radical (unpaired) electrons. The van der Waals surface area contributed by atoms with Crippen molar-refractivity contribution >= 4 is 40.0 Å². The van der Waals surface area contributed by atoms with Crippen molar-refractivity contribution in [2.24, 2.45) is 0 Å². The molecule has 0 spiro atoms. The fourth-order valence-electron chi connectivity index (χ4n) is 4.14. The smallest absolute Gasteiger partial charge is 0.251 e. The van der Waals surface area contributed by atoms with Gasteiger partial charge in [0.25, 0.3) is 5.91 Å². The van der Waals surface area contributed by atoms with Crippen LogP contribution >= 0.6 is 11.6 Å². The average Bonchev–Trinajstić information content (AvgIpc) is 2.88. The maximum absolute atomic E-state index is 12.8. The highest BCUT2D eigenvalue weighted by Gasteiger charge is 2.23. The first-order valence-corrected chi connectivity index (χ1v) is 12.1. The number of benzene rings is 2. The zero-order valence-corrected chi connectivity index (χ0v) is 20.7. The number of rotatable bonds is 8. The minimum atomic E-state index is -0.331. The zero-order valence-electron chi connectivity index (χ0n) is 19.9. The summed E-state index contributed by atoms with van der Waals surface area (Å²) < 4.78 is 11.1. The van der Waals surface area contributed by atoms with Crippen LogP contribution in [-0.2, 0) is 4.79 Å². The summed E-state index contributed by atoms with van der Waals surface area (Å²) in [6.45, 7) is 7.18. The fourth-order valence-corrected chi connectivity index (χ4v) is 4.31. The predicted octanol–water partition coefficient (Wildman–Crippen LogP) is 3.76. The molecule has 3 aromatic rings. The van der Waals surface area contributed by atoms with Crippen LogP contribution in [0.5, 0.6) is 11.5 Å². The third kappa shape index (κ3) is 5.77. The first-order chi connectivity index (χ1) is 17.0. The van der Waals surface area contributed by atoms with E-state index in [1.54, 1.807) is 29.3 Å². The van der Waals surface area contributed by atoms with Crippen LogP contribution < -0.4 is 19.7 Å². The Morgan fingerprint density at radius 3 is 2.46 bits per heavy atom. The number of halogens is 1. The van der Waals surface area contributed by atoms with Crippen molar-refractivity contribution in [3.63, 3.8) is 0 Å². The van der Waals surface area contributed by atoms with Gasteiger partial charge in [0.1, 0.15) is 0 Å². The van der Waals surface area contributed by atoms with Crippen molar-refractivity contribution < 1.29 is 19.1 Å². The maximum atomic E-state index is 12.8. The monoisotopic (exact) mass is 496 g/mol. The lowest BCUT2D eigenvalue weighted by Crippen LogP contribution is -2.51. The number of aromatic nitrogens is 1. The third-order valence-corrected chi connectivity index (χ3v) is 6.10. The molecule has 0 unspecified atom stereocenters. The molecule has 0 bridgehead atoms. The number of nitrogens with one attached hydrogen (secondary N) is 1. The normalized spacial score (nSPS) is 13.6. The van der Waals surface area contributed by atoms with Crippen molar-refractivity contribution in [1.29, 1.82) is 0 Å². The predicted molar refractivity (Wildman–Crippen MR) is 137 cm³/mol. The first kappa shape index (κ1) is 24.6. The SMILES string of the molecule is CCOc1ccc(C(=O)NCC(=O)N2CCN(c3ccnc4cc(Cl)ccc34)CC2)cc1OCC. The molecular weight excluding hydrogens is 468 g/mol. The van der Waals surface area contributed by atoms with Gasteiger partial charge in [0.15, 0.2) is 11.5 Å². The number of hydrogen-bond acceptors (Lipinski definition) is 6. The largest absolute Gasteiger partial charge is 0.490 e. The number of carbonyl (C=O) groups excluding carboxylic acids is 2. The van der Waals surface area contributed by atoms with E-state index in [0.29, 0.717) is 61.5 Å². The number of carbonyl (C=O) groups is 2. The van der Waals surface area contributed by atoms with Gasteiger partial charge >= 0.3 is 0 Å². The highest BCUT2D eigenvalue weighted by atomic mass is 35.5. The molecular formula is C26H29ClN4O4. The van der Waals surface area contributed by atoms with Crippen LogP contribution in [0.15, 0.2) is 48.7 Å². The molecule has 2 amide bonds. The maximum Gasteiger partial charge on any atom is 0.251 e. The van der Waals surface area contributed by atoms with Crippen LogP contribution in [0.2, 0.25) is 5.02 Å². The van der Waals surface area contributed by atoms with Crippen LogP contribution in [0.4, 0.5) is 5.69 Å². The standard InChI is InChI=1S/C26H29ClN4O4/c1-3-34-23-8-5-18(15-24(23)35-4-2)26(33)29-17-25(32)31-13-11-30(12-14-31)22-9-10-28-21-16-19(27)6-7-20(21)22/h5-10,15-16H,3-4,11-14,17H2,1-2H3,(H,29,33). The summed E-state index contributed by atoms with van der Waals surface area (Å²) in [5, 5.41) is 4.41. The second-order valence-electron chi connectivity index (χ2n) is 8.07.